The molecule has 4 rings (SSSR count). The van der Waals surface area contributed by atoms with Crippen LogP contribution in [0.1, 0.15) is 10.5 Å². The third-order valence-electron chi connectivity index (χ3n) is 4.62. The van der Waals surface area contributed by atoms with Gasteiger partial charge in [0.05, 0.1) is 30.4 Å². The van der Waals surface area contributed by atoms with E-state index in [0.29, 0.717) is 30.4 Å². The summed E-state index contributed by atoms with van der Waals surface area (Å²) < 4.78 is 13.6. The normalized spacial score (nSPS) is 13.9. The Kier molecular flexibility index (Phi) is 5.04. The van der Waals surface area contributed by atoms with Crippen LogP contribution in [0, 0.1) is 0 Å². The number of benzene rings is 1. The minimum Gasteiger partial charge on any atom is -0.496 e. The molecule has 2 aromatic heterocycles. The van der Waals surface area contributed by atoms with Gasteiger partial charge in [0.1, 0.15) is 17.5 Å². The van der Waals surface area contributed by atoms with Crippen molar-refractivity contribution in [1.82, 2.24) is 19.7 Å². The van der Waals surface area contributed by atoms with E-state index in [1.54, 1.807) is 36.0 Å². The van der Waals surface area contributed by atoms with E-state index in [4.69, 9.17) is 9.47 Å². The molecule has 1 fully saturated rings. The lowest BCUT2D eigenvalue weighted by atomic mass is 10.1. The third kappa shape index (κ3) is 3.47. The fourth-order valence-corrected chi connectivity index (χ4v) is 3.46. The van der Waals surface area contributed by atoms with Crippen molar-refractivity contribution in [3.05, 3.63) is 58.8 Å². The van der Waals surface area contributed by atoms with Crippen molar-refractivity contribution in [2.75, 3.05) is 20.2 Å². The number of para-hydroxylation sites is 1. The van der Waals surface area contributed by atoms with Crippen molar-refractivity contribution >= 4 is 21.8 Å². The van der Waals surface area contributed by atoms with Gasteiger partial charge in [0.15, 0.2) is 0 Å². The van der Waals surface area contributed by atoms with Gasteiger partial charge in [0.25, 0.3) is 5.91 Å². The summed E-state index contributed by atoms with van der Waals surface area (Å²) in [5.41, 5.74) is 2.08. The van der Waals surface area contributed by atoms with Crippen LogP contribution in [0.15, 0.2) is 53.1 Å². The maximum Gasteiger partial charge on any atom is 0.272 e. The number of methoxy groups -OCH3 is 1. The van der Waals surface area contributed by atoms with Gasteiger partial charge in [-0.1, -0.05) is 12.1 Å². The molecule has 1 amide bonds. The summed E-state index contributed by atoms with van der Waals surface area (Å²) in [4.78, 5) is 18.8. The Hall–Kier alpha value is -2.87. The lowest BCUT2D eigenvalue weighted by molar-refractivity contribution is 0.0149. The zero-order chi connectivity index (χ0) is 19.7. The van der Waals surface area contributed by atoms with Gasteiger partial charge in [-0.2, -0.15) is 5.10 Å². The molecule has 0 unspecified atom stereocenters. The molecule has 7 nitrogen and oxygen atoms in total. The molecule has 0 N–H and O–H groups in total. The zero-order valence-electron chi connectivity index (χ0n) is 15.5. The Bertz CT molecular complexity index is 1010. The highest BCUT2D eigenvalue weighted by Gasteiger charge is 2.35. The van der Waals surface area contributed by atoms with Gasteiger partial charge in [-0.15, -0.1) is 0 Å². The Labute approximate surface area is 171 Å². The summed E-state index contributed by atoms with van der Waals surface area (Å²) in [6.45, 7) is 1.02. The lowest BCUT2D eigenvalue weighted by Crippen LogP contribution is -2.56. The monoisotopic (exact) mass is 442 g/mol. The molecule has 1 aromatic carbocycles. The highest BCUT2D eigenvalue weighted by molar-refractivity contribution is 9.10. The molecule has 144 valence electrons. The average molecular weight is 443 g/mol. The second kappa shape index (κ2) is 7.63. The number of amides is 1. The lowest BCUT2D eigenvalue weighted by Gasteiger charge is -2.38. The molecule has 1 aliphatic rings. The zero-order valence-corrected chi connectivity index (χ0v) is 17.1. The predicted molar refractivity (Wildman–Crippen MR) is 107 cm³/mol. The Morgan fingerprint density at radius 1 is 1.21 bits per heavy atom. The summed E-state index contributed by atoms with van der Waals surface area (Å²) in [6.07, 6.45) is 1.61. The molecule has 3 heterocycles. The van der Waals surface area contributed by atoms with E-state index in [-0.39, 0.29) is 12.0 Å². The molecule has 0 atom stereocenters. The van der Waals surface area contributed by atoms with Crippen molar-refractivity contribution in [2.24, 2.45) is 7.05 Å². The third-order valence-corrected chi connectivity index (χ3v) is 5.22. The van der Waals surface area contributed by atoms with Gasteiger partial charge < -0.3 is 14.4 Å². The van der Waals surface area contributed by atoms with Crippen LogP contribution in [-0.2, 0) is 7.05 Å². The topological polar surface area (TPSA) is 69.5 Å². The van der Waals surface area contributed by atoms with E-state index in [1.165, 1.54) is 0 Å². The molecule has 8 heteroatoms. The number of likely N-dealkylation sites (tertiary alicyclic amines) is 1. The van der Waals surface area contributed by atoms with Gasteiger partial charge in [-0.3, -0.25) is 9.48 Å². The van der Waals surface area contributed by atoms with Crippen LogP contribution in [0.2, 0.25) is 0 Å². The van der Waals surface area contributed by atoms with Gasteiger partial charge in [-0.25, -0.2) is 4.98 Å². The fraction of sp³-hybridized carbons (Fsp3) is 0.250. The standard InChI is InChI=1S/C20H19BrN4O3/c1-24-17(10-16(23-24)14-6-3-4-8-18(14)27-2)20(26)25-11-13(12-25)28-19-15(21)7-5-9-22-19/h3-10,13H,11-12H2,1-2H3. The van der Waals surface area contributed by atoms with Gasteiger partial charge in [0.2, 0.25) is 5.88 Å². The van der Waals surface area contributed by atoms with E-state index in [1.807, 2.05) is 36.4 Å². The molecule has 0 bridgehead atoms. The molecule has 0 saturated carbocycles. The summed E-state index contributed by atoms with van der Waals surface area (Å²) in [5, 5.41) is 4.49. The van der Waals surface area contributed by atoms with Crippen LogP contribution in [0.4, 0.5) is 0 Å². The molecule has 0 radical (unpaired) electrons. The Morgan fingerprint density at radius 3 is 2.75 bits per heavy atom. The van der Waals surface area contributed by atoms with Crippen molar-refractivity contribution in [2.45, 2.75) is 6.10 Å². The number of aromatic nitrogens is 3. The average Bonchev–Trinajstić information content (AvgIpc) is 3.06. The van der Waals surface area contributed by atoms with Crippen molar-refractivity contribution in [3.8, 4) is 22.9 Å². The number of carbonyl (C=O) groups excluding carboxylic acids is 1. The number of hydrogen-bond acceptors (Lipinski definition) is 5. The second-order valence-electron chi connectivity index (χ2n) is 6.48. The fourth-order valence-electron chi connectivity index (χ4n) is 3.11. The molecule has 28 heavy (non-hydrogen) atoms. The molecule has 1 aliphatic heterocycles. The number of nitrogens with zero attached hydrogens (tertiary/aromatic N) is 4. The first-order chi connectivity index (χ1) is 13.6. The van der Waals surface area contributed by atoms with Crippen LogP contribution in [0.5, 0.6) is 11.6 Å². The van der Waals surface area contributed by atoms with Gasteiger partial charge >= 0.3 is 0 Å². The maximum atomic E-state index is 12.9. The number of halogens is 1. The van der Waals surface area contributed by atoms with Gasteiger partial charge in [0, 0.05) is 18.8 Å². The minimum atomic E-state index is -0.0731. The summed E-state index contributed by atoms with van der Waals surface area (Å²) in [7, 11) is 3.39. The number of ether oxygens (including phenoxy) is 2. The number of aryl methyl sites for hydroxylation is 1. The van der Waals surface area contributed by atoms with Crippen LogP contribution >= 0.6 is 15.9 Å². The van der Waals surface area contributed by atoms with Crippen LogP contribution in [0.3, 0.4) is 0 Å². The first-order valence-electron chi connectivity index (χ1n) is 8.80. The van der Waals surface area contributed by atoms with E-state index < -0.39 is 0 Å². The summed E-state index contributed by atoms with van der Waals surface area (Å²) >= 11 is 3.42. The summed E-state index contributed by atoms with van der Waals surface area (Å²) in [5.74, 6) is 1.19. The molecule has 0 aliphatic carbocycles. The Morgan fingerprint density at radius 2 is 2.00 bits per heavy atom. The first-order valence-corrected chi connectivity index (χ1v) is 9.60. The smallest absolute Gasteiger partial charge is 0.272 e. The van der Waals surface area contributed by atoms with E-state index in [0.717, 1.165) is 15.8 Å². The molecule has 0 spiro atoms. The van der Waals surface area contributed by atoms with Crippen LogP contribution < -0.4 is 9.47 Å². The van der Waals surface area contributed by atoms with Crippen LogP contribution in [0.25, 0.3) is 11.3 Å². The number of rotatable bonds is 5. The predicted octanol–water partition coefficient (Wildman–Crippen LogP) is 3.16. The van der Waals surface area contributed by atoms with Crippen molar-refractivity contribution in [1.29, 1.82) is 0 Å². The molecule has 3 aromatic rings. The van der Waals surface area contributed by atoms with E-state index in [9.17, 15) is 4.79 Å². The highest BCUT2D eigenvalue weighted by Crippen LogP contribution is 2.30. The second-order valence-corrected chi connectivity index (χ2v) is 7.33. The van der Waals surface area contributed by atoms with E-state index >= 15 is 0 Å². The largest absolute Gasteiger partial charge is 0.496 e. The van der Waals surface area contributed by atoms with Gasteiger partial charge in [-0.05, 0) is 46.3 Å². The maximum absolute atomic E-state index is 12.9. The number of carbonyl (C=O) groups is 1. The molecule has 1 saturated heterocycles. The molecular weight excluding hydrogens is 424 g/mol. The quantitative estimate of drug-likeness (QED) is 0.606. The molecular formula is C20H19BrN4O3. The number of hydrogen-bond donors (Lipinski definition) is 0. The van der Waals surface area contributed by atoms with Crippen LogP contribution in [-0.4, -0.2) is 51.9 Å². The van der Waals surface area contributed by atoms with Crippen molar-refractivity contribution < 1.29 is 14.3 Å². The van der Waals surface area contributed by atoms with E-state index in [2.05, 4.69) is 26.0 Å². The highest BCUT2D eigenvalue weighted by atomic mass is 79.9. The number of pyridine rings is 1. The summed E-state index contributed by atoms with van der Waals surface area (Å²) in [6, 6.07) is 13.1. The minimum absolute atomic E-state index is 0.0722. The first kappa shape index (κ1) is 18.5. The van der Waals surface area contributed by atoms with Crippen molar-refractivity contribution in [3.63, 3.8) is 0 Å². The Balaban J connectivity index is 1.45. The SMILES string of the molecule is COc1ccccc1-c1cc(C(=O)N2CC(Oc3ncccc3Br)C2)n(C)n1.